The van der Waals surface area contributed by atoms with Gasteiger partial charge < -0.3 is 5.21 Å². The Morgan fingerprint density at radius 1 is 1.50 bits per heavy atom. The van der Waals surface area contributed by atoms with Gasteiger partial charge >= 0.3 is 0 Å². The second-order valence-electron chi connectivity index (χ2n) is 2.69. The normalized spacial score (nSPS) is 11.1. The van der Waals surface area contributed by atoms with Crippen LogP contribution in [0, 0.1) is 5.21 Å². The molecule has 0 amide bonds. The predicted molar refractivity (Wildman–Crippen MR) is 52.0 cm³/mol. The first kappa shape index (κ1) is 10.2. The fourth-order valence-electron chi connectivity index (χ4n) is 1.04. The van der Waals surface area contributed by atoms with Crippen molar-refractivity contribution in [2.24, 2.45) is 5.11 Å². The van der Waals surface area contributed by atoms with Crippen LogP contribution >= 0.6 is 0 Å². The molecule has 14 heavy (non-hydrogen) atoms. The van der Waals surface area contributed by atoms with E-state index in [1.165, 1.54) is 14.0 Å². The summed E-state index contributed by atoms with van der Waals surface area (Å²) in [7, 11) is 1.36. The number of hydrogen-bond donors (Lipinski definition) is 1. The van der Waals surface area contributed by atoms with Gasteiger partial charge in [0.15, 0.2) is 5.78 Å². The second-order valence-corrected chi connectivity index (χ2v) is 2.69. The van der Waals surface area contributed by atoms with Crippen molar-refractivity contribution in [1.82, 2.24) is 0 Å². The molecule has 0 saturated heterocycles. The van der Waals surface area contributed by atoms with Gasteiger partial charge in [-0.2, -0.15) is 0 Å². The van der Waals surface area contributed by atoms with Crippen LogP contribution in [-0.2, 0) is 0 Å². The minimum absolute atomic E-state index is 0.0994. The molecule has 0 aliphatic carbocycles. The van der Waals surface area contributed by atoms with Crippen molar-refractivity contribution < 1.29 is 9.76 Å². The Labute approximate surface area is 81.6 Å². The van der Waals surface area contributed by atoms with Gasteiger partial charge in [0.2, 0.25) is 0 Å². The Morgan fingerprint density at radius 3 is 2.71 bits per heavy atom. The molecule has 0 aromatic heterocycles. The molecular formula is C9H11N3O2. The summed E-state index contributed by atoms with van der Waals surface area (Å²) in [6.07, 6.45) is 0. The maximum Gasteiger partial charge on any atom is 0.162 e. The predicted octanol–water partition coefficient (Wildman–Crippen LogP) is 1.81. The van der Waals surface area contributed by atoms with Crippen molar-refractivity contribution in [1.29, 1.82) is 0 Å². The van der Waals surface area contributed by atoms with Gasteiger partial charge in [-0.1, -0.05) is 12.1 Å². The highest BCUT2D eigenvalue weighted by atomic mass is 16.5. The van der Waals surface area contributed by atoms with Crippen LogP contribution in [0.25, 0.3) is 0 Å². The average molecular weight is 193 g/mol. The molecule has 0 unspecified atom stereocenters. The maximum atomic E-state index is 11.1. The molecule has 0 spiro atoms. The first-order chi connectivity index (χ1) is 6.65. The molecule has 5 heteroatoms. The summed E-state index contributed by atoms with van der Waals surface area (Å²) in [5, 5.41) is 14.2. The molecule has 0 aliphatic rings. The van der Waals surface area contributed by atoms with E-state index in [2.05, 4.69) is 10.5 Å². The first-order valence-corrected chi connectivity index (χ1v) is 4.08. The van der Waals surface area contributed by atoms with Gasteiger partial charge in [-0.15, -0.1) is 5.43 Å². The van der Waals surface area contributed by atoms with Gasteiger partial charge in [-0.25, -0.2) is 0 Å². The van der Waals surface area contributed by atoms with E-state index in [9.17, 15) is 10.0 Å². The topological polar surface area (TPSA) is 67.5 Å². The molecule has 0 aliphatic heterocycles. The third kappa shape index (κ3) is 2.29. The third-order valence-corrected chi connectivity index (χ3v) is 1.70. The summed E-state index contributed by atoms with van der Waals surface area (Å²) in [6, 6.07) is 6.76. The van der Waals surface area contributed by atoms with Crippen LogP contribution in [0.15, 0.2) is 29.4 Å². The lowest BCUT2D eigenvalue weighted by Crippen LogP contribution is -2.12. The zero-order valence-electron chi connectivity index (χ0n) is 8.02. The van der Waals surface area contributed by atoms with Gasteiger partial charge in [-0.3, -0.25) is 4.79 Å². The molecular weight excluding hydrogens is 182 g/mol. The number of hydrogen-bond acceptors (Lipinski definition) is 3. The number of Topliss-reactive ketones (excluding diaryl/α,β-unsaturated/α-hetero) is 1. The lowest BCUT2D eigenvalue weighted by molar-refractivity contribution is -0.496. The van der Waals surface area contributed by atoms with E-state index in [4.69, 9.17) is 0 Å². The van der Waals surface area contributed by atoms with E-state index >= 15 is 0 Å². The molecule has 1 aromatic rings. The number of nitrogens with one attached hydrogen (secondary N) is 1. The molecule has 0 radical (unpaired) electrons. The van der Waals surface area contributed by atoms with Crippen LogP contribution in [0.4, 0.5) is 5.69 Å². The molecule has 0 fully saturated rings. The Kier molecular flexibility index (Phi) is 3.17. The number of anilines is 1. The van der Waals surface area contributed by atoms with E-state index in [1.54, 1.807) is 24.3 Å². The number of nitrogens with zero attached hydrogens (tertiary/aromatic N) is 2. The monoisotopic (exact) mass is 193 g/mol. The number of rotatable bonds is 3. The van der Waals surface area contributed by atoms with Crippen molar-refractivity contribution in [3.05, 3.63) is 35.0 Å². The number of benzene rings is 1. The maximum absolute atomic E-state index is 11.1. The van der Waals surface area contributed by atoms with Crippen LogP contribution in [0.2, 0.25) is 0 Å². The highest BCUT2D eigenvalue weighted by Gasteiger charge is 2.08. The van der Waals surface area contributed by atoms with Crippen LogP contribution in [0.5, 0.6) is 0 Å². The van der Waals surface area contributed by atoms with E-state index in [-0.39, 0.29) is 5.78 Å². The molecule has 74 valence electrons. The average Bonchev–Trinajstić information content (AvgIpc) is 2.18. The minimum Gasteiger partial charge on any atom is -0.571 e. The summed E-state index contributed by atoms with van der Waals surface area (Å²) in [4.78, 5) is 11.5. The lowest BCUT2D eigenvalue weighted by atomic mass is 10.1. The van der Waals surface area contributed by atoms with Gasteiger partial charge in [-0.05, 0) is 24.2 Å². The standard InChI is InChI=1S/C9H11N3O2/c1-7(13)8-5-3-4-6-9(8)11-12(14)10-2/h3-6H,1-2H3,(H,10,11). The van der Waals surface area contributed by atoms with E-state index in [0.717, 1.165) is 0 Å². The van der Waals surface area contributed by atoms with Crippen LogP contribution in [0.3, 0.4) is 0 Å². The highest BCUT2D eigenvalue weighted by molar-refractivity contribution is 5.99. The Hall–Kier alpha value is -1.91. The molecule has 0 bridgehead atoms. The minimum atomic E-state index is -0.0994. The number of para-hydroxylation sites is 1. The molecule has 1 rings (SSSR count). The van der Waals surface area contributed by atoms with Crippen molar-refractivity contribution in [3.8, 4) is 0 Å². The molecule has 0 atom stereocenters. The molecule has 0 heterocycles. The van der Waals surface area contributed by atoms with E-state index in [0.29, 0.717) is 16.2 Å². The summed E-state index contributed by atoms with van der Waals surface area (Å²) < 4.78 is 0. The smallest absolute Gasteiger partial charge is 0.162 e. The van der Waals surface area contributed by atoms with Crippen molar-refractivity contribution >= 4 is 11.5 Å². The molecule has 1 N–H and O–H groups in total. The summed E-state index contributed by atoms with van der Waals surface area (Å²) in [6.45, 7) is 1.44. The number of carbonyl (C=O) groups is 1. The Balaban J connectivity index is 3.02. The fraction of sp³-hybridized carbons (Fsp3) is 0.222. The zero-order valence-corrected chi connectivity index (χ0v) is 8.02. The lowest BCUT2D eigenvalue weighted by Gasteiger charge is -2.05. The fourth-order valence-corrected chi connectivity index (χ4v) is 1.04. The SMILES string of the molecule is CN=[N+]([O-])Nc1ccccc1C(C)=O. The molecule has 5 nitrogen and oxygen atoms in total. The number of carbonyl (C=O) groups excluding carboxylic acids is 1. The summed E-state index contributed by atoms with van der Waals surface area (Å²) >= 11 is 0. The number of hydrazine groups is 1. The van der Waals surface area contributed by atoms with Crippen molar-refractivity contribution in [3.63, 3.8) is 0 Å². The summed E-state index contributed by atoms with van der Waals surface area (Å²) in [5.41, 5.74) is 3.36. The quantitative estimate of drug-likeness (QED) is 0.344. The second kappa shape index (κ2) is 4.36. The van der Waals surface area contributed by atoms with E-state index < -0.39 is 0 Å². The van der Waals surface area contributed by atoms with Gasteiger partial charge in [0.25, 0.3) is 0 Å². The molecule has 0 saturated carbocycles. The highest BCUT2D eigenvalue weighted by Crippen LogP contribution is 2.14. The van der Waals surface area contributed by atoms with Gasteiger partial charge in [0.05, 0.1) is 7.05 Å². The van der Waals surface area contributed by atoms with Crippen LogP contribution in [-0.4, -0.2) is 17.8 Å². The Bertz CT molecular complexity index is 374. The third-order valence-electron chi connectivity index (χ3n) is 1.70. The van der Waals surface area contributed by atoms with Crippen molar-refractivity contribution in [2.45, 2.75) is 6.92 Å². The van der Waals surface area contributed by atoms with Gasteiger partial charge in [0.1, 0.15) is 5.69 Å². The van der Waals surface area contributed by atoms with Crippen LogP contribution < -0.4 is 5.43 Å². The van der Waals surface area contributed by atoms with Crippen molar-refractivity contribution in [2.75, 3.05) is 12.5 Å². The first-order valence-electron chi connectivity index (χ1n) is 4.08. The van der Waals surface area contributed by atoms with Gasteiger partial charge in [0, 0.05) is 10.5 Å². The number of ketones is 1. The summed E-state index contributed by atoms with van der Waals surface area (Å²) in [5.74, 6) is -0.0994. The zero-order chi connectivity index (χ0) is 10.6. The van der Waals surface area contributed by atoms with E-state index in [1.807, 2.05) is 0 Å². The largest absolute Gasteiger partial charge is 0.571 e. The van der Waals surface area contributed by atoms with Crippen LogP contribution in [0.1, 0.15) is 17.3 Å². The Morgan fingerprint density at radius 2 is 2.14 bits per heavy atom. The molecule has 1 aromatic carbocycles.